The summed E-state index contributed by atoms with van der Waals surface area (Å²) in [6.07, 6.45) is 1.51. The Kier molecular flexibility index (Phi) is 7.30. The van der Waals surface area contributed by atoms with Crippen LogP contribution in [-0.2, 0) is 9.59 Å². The van der Waals surface area contributed by atoms with Crippen LogP contribution in [0.25, 0.3) is 0 Å². The molecular formula is C20H28N4O3S. The Morgan fingerprint density at radius 2 is 2.18 bits per heavy atom. The summed E-state index contributed by atoms with van der Waals surface area (Å²) in [5.41, 5.74) is 0.224. The van der Waals surface area contributed by atoms with Gasteiger partial charge in [0, 0.05) is 30.2 Å². The standard InChI is InChI=1S/C20H28N4O3S/c1-12-23-16(11-28-12)17(25)8-14(9-20(2,3)4)19(27)24-15(10-21)7-13-5-6-22-18(13)26/h11,13-15H,5-9H2,1-4H3,(H,22,26)(H,24,27)/t13-,14-,15-/m0/s1. The van der Waals surface area contributed by atoms with Crippen LogP contribution < -0.4 is 10.6 Å². The smallest absolute Gasteiger partial charge is 0.224 e. The van der Waals surface area contributed by atoms with Crippen LogP contribution in [0.4, 0.5) is 0 Å². The number of Topliss-reactive ketones (excluding diaryl/α,β-unsaturated/α-hetero) is 1. The van der Waals surface area contributed by atoms with Crippen LogP contribution >= 0.6 is 11.3 Å². The topological polar surface area (TPSA) is 112 Å². The zero-order chi connectivity index (χ0) is 20.9. The van der Waals surface area contributed by atoms with Crippen LogP contribution in [-0.4, -0.2) is 35.2 Å². The molecule has 0 unspecified atom stereocenters. The first-order chi connectivity index (χ1) is 13.1. The van der Waals surface area contributed by atoms with E-state index in [0.29, 0.717) is 25.1 Å². The number of ketones is 1. The maximum Gasteiger partial charge on any atom is 0.224 e. The molecule has 1 aromatic rings. The van der Waals surface area contributed by atoms with Gasteiger partial charge in [0.05, 0.1) is 11.1 Å². The van der Waals surface area contributed by atoms with Gasteiger partial charge in [0.2, 0.25) is 11.8 Å². The summed E-state index contributed by atoms with van der Waals surface area (Å²) in [6, 6.07) is 1.33. The van der Waals surface area contributed by atoms with Crippen LogP contribution in [0.15, 0.2) is 5.38 Å². The second-order valence-corrected chi connectivity index (χ2v) is 9.61. The van der Waals surface area contributed by atoms with E-state index >= 15 is 0 Å². The summed E-state index contributed by atoms with van der Waals surface area (Å²) in [4.78, 5) is 41.4. The molecule has 2 rings (SSSR count). The molecule has 0 saturated carbocycles. The molecule has 0 aliphatic carbocycles. The average Bonchev–Trinajstić information content (AvgIpc) is 3.21. The highest BCUT2D eigenvalue weighted by molar-refractivity contribution is 7.09. The molecule has 0 spiro atoms. The van der Waals surface area contributed by atoms with Crippen molar-refractivity contribution in [3.05, 3.63) is 16.1 Å². The fourth-order valence-corrected chi connectivity index (χ4v) is 4.02. The molecule has 28 heavy (non-hydrogen) atoms. The van der Waals surface area contributed by atoms with Gasteiger partial charge in [-0.2, -0.15) is 5.26 Å². The number of aromatic nitrogens is 1. The Morgan fingerprint density at radius 3 is 2.68 bits per heavy atom. The SMILES string of the molecule is Cc1nc(C(=O)C[C@@H](CC(C)(C)C)C(=O)N[C@H](C#N)C[C@@H]2CCNC2=O)cs1. The molecule has 1 aliphatic heterocycles. The van der Waals surface area contributed by atoms with Crippen LogP contribution in [0.5, 0.6) is 0 Å². The molecule has 1 aliphatic rings. The molecule has 3 atom stereocenters. The fraction of sp³-hybridized carbons (Fsp3) is 0.650. The van der Waals surface area contributed by atoms with Crippen LogP contribution in [0.2, 0.25) is 0 Å². The monoisotopic (exact) mass is 404 g/mol. The van der Waals surface area contributed by atoms with E-state index in [4.69, 9.17) is 0 Å². The Morgan fingerprint density at radius 1 is 1.46 bits per heavy atom. The summed E-state index contributed by atoms with van der Waals surface area (Å²) in [5.74, 6) is -1.37. The number of hydrogen-bond donors (Lipinski definition) is 2. The Labute approximate surface area is 169 Å². The van der Waals surface area contributed by atoms with Gasteiger partial charge in [-0.3, -0.25) is 14.4 Å². The number of thiazole rings is 1. The molecule has 2 amide bonds. The van der Waals surface area contributed by atoms with Crippen LogP contribution in [0, 0.1) is 35.5 Å². The van der Waals surface area contributed by atoms with E-state index in [1.54, 1.807) is 5.38 Å². The highest BCUT2D eigenvalue weighted by atomic mass is 32.1. The van der Waals surface area contributed by atoms with Crippen molar-refractivity contribution >= 4 is 28.9 Å². The summed E-state index contributed by atoms with van der Waals surface area (Å²) < 4.78 is 0. The summed E-state index contributed by atoms with van der Waals surface area (Å²) in [7, 11) is 0. The van der Waals surface area contributed by atoms with E-state index in [2.05, 4.69) is 21.7 Å². The van der Waals surface area contributed by atoms with Gasteiger partial charge in [0.25, 0.3) is 0 Å². The van der Waals surface area contributed by atoms with Crippen LogP contribution in [0.3, 0.4) is 0 Å². The zero-order valence-electron chi connectivity index (χ0n) is 16.9. The summed E-state index contributed by atoms with van der Waals surface area (Å²) in [6.45, 7) is 8.46. The number of carbonyl (C=O) groups is 3. The average molecular weight is 405 g/mol. The van der Waals surface area contributed by atoms with Crippen molar-refractivity contribution in [1.82, 2.24) is 15.6 Å². The second kappa shape index (κ2) is 9.28. The number of nitrogens with one attached hydrogen (secondary N) is 2. The molecule has 2 N–H and O–H groups in total. The molecule has 0 bridgehead atoms. The molecule has 1 aromatic heterocycles. The van der Waals surface area contributed by atoms with Gasteiger partial charge in [-0.1, -0.05) is 20.8 Å². The van der Waals surface area contributed by atoms with Gasteiger partial charge >= 0.3 is 0 Å². The maximum absolute atomic E-state index is 12.9. The molecule has 1 fully saturated rings. The van der Waals surface area contributed by atoms with E-state index in [9.17, 15) is 19.6 Å². The zero-order valence-corrected chi connectivity index (χ0v) is 17.7. The minimum Gasteiger partial charge on any atom is -0.356 e. The van der Waals surface area contributed by atoms with Crippen molar-refractivity contribution in [2.45, 2.75) is 59.4 Å². The minimum absolute atomic E-state index is 0.0499. The minimum atomic E-state index is -0.750. The number of nitriles is 1. The fourth-order valence-electron chi connectivity index (χ4n) is 3.40. The first-order valence-corrected chi connectivity index (χ1v) is 10.4. The normalized spacial score (nSPS) is 18.8. The van der Waals surface area contributed by atoms with Crippen molar-refractivity contribution in [3.63, 3.8) is 0 Å². The van der Waals surface area contributed by atoms with Gasteiger partial charge in [0.15, 0.2) is 5.78 Å². The number of rotatable bonds is 8. The number of carbonyl (C=O) groups excluding carboxylic acids is 3. The van der Waals surface area contributed by atoms with E-state index in [0.717, 1.165) is 5.01 Å². The molecule has 8 heteroatoms. The molecule has 152 valence electrons. The van der Waals surface area contributed by atoms with E-state index in [1.807, 2.05) is 27.7 Å². The van der Waals surface area contributed by atoms with Crippen molar-refractivity contribution in [2.24, 2.45) is 17.3 Å². The third kappa shape index (κ3) is 6.41. The Bertz CT molecular complexity index is 775. The van der Waals surface area contributed by atoms with Crippen molar-refractivity contribution in [2.75, 3.05) is 6.54 Å². The van der Waals surface area contributed by atoms with Gasteiger partial charge in [-0.15, -0.1) is 11.3 Å². The van der Waals surface area contributed by atoms with E-state index in [-0.39, 0.29) is 41.8 Å². The lowest BCUT2D eigenvalue weighted by Gasteiger charge is -2.26. The highest BCUT2D eigenvalue weighted by Crippen LogP contribution is 2.28. The summed E-state index contributed by atoms with van der Waals surface area (Å²) in [5, 5.41) is 17.4. The number of aryl methyl sites for hydroxylation is 1. The largest absolute Gasteiger partial charge is 0.356 e. The molecule has 2 heterocycles. The third-order valence-corrected chi connectivity index (χ3v) is 5.49. The van der Waals surface area contributed by atoms with Gasteiger partial charge in [-0.25, -0.2) is 4.98 Å². The Hall–Kier alpha value is -2.27. The molecule has 7 nitrogen and oxygen atoms in total. The second-order valence-electron chi connectivity index (χ2n) is 8.54. The van der Waals surface area contributed by atoms with Gasteiger partial charge in [0.1, 0.15) is 11.7 Å². The first-order valence-electron chi connectivity index (χ1n) is 9.52. The maximum atomic E-state index is 12.9. The Balaban J connectivity index is 2.06. The number of hydrogen-bond acceptors (Lipinski definition) is 6. The lowest BCUT2D eigenvalue weighted by molar-refractivity contribution is -0.127. The molecule has 1 saturated heterocycles. The van der Waals surface area contributed by atoms with Crippen molar-refractivity contribution < 1.29 is 14.4 Å². The molecule has 0 aromatic carbocycles. The van der Waals surface area contributed by atoms with Crippen molar-refractivity contribution in [1.29, 1.82) is 5.26 Å². The number of nitrogens with zero attached hydrogens (tertiary/aromatic N) is 2. The van der Waals surface area contributed by atoms with Crippen molar-refractivity contribution in [3.8, 4) is 6.07 Å². The van der Waals surface area contributed by atoms with Gasteiger partial charge in [-0.05, 0) is 31.6 Å². The van der Waals surface area contributed by atoms with Crippen LogP contribution in [0.1, 0.15) is 62.0 Å². The lowest BCUT2D eigenvalue weighted by atomic mass is 9.81. The lowest BCUT2D eigenvalue weighted by Crippen LogP contribution is -2.41. The quantitative estimate of drug-likeness (QED) is 0.647. The van der Waals surface area contributed by atoms with E-state index in [1.165, 1.54) is 11.3 Å². The third-order valence-electron chi connectivity index (χ3n) is 4.72. The van der Waals surface area contributed by atoms with Gasteiger partial charge < -0.3 is 10.6 Å². The number of amides is 2. The predicted molar refractivity (Wildman–Crippen MR) is 107 cm³/mol. The first kappa shape index (κ1) is 22.0. The molecular weight excluding hydrogens is 376 g/mol. The highest BCUT2D eigenvalue weighted by Gasteiger charge is 2.32. The summed E-state index contributed by atoms with van der Waals surface area (Å²) >= 11 is 1.40. The molecule has 0 radical (unpaired) electrons. The predicted octanol–water partition coefficient (Wildman–Crippen LogP) is 2.61. The van der Waals surface area contributed by atoms with E-state index < -0.39 is 12.0 Å².